The molecule has 1 aliphatic rings. The molecule has 1 saturated heterocycles. The van der Waals surface area contributed by atoms with Gasteiger partial charge < -0.3 is 0 Å². The van der Waals surface area contributed by atoms with Gasteiger partial charge in [0.25, 0.3) is 0 Å². The fourth-order valence-electron chi connectivity index (χ4n) is 2.07. The second kappa shape index (κ2) is 9.83. The number of unbranched alkanes of at least 4 members (excludes halogenated alkanes) is 2. The standard InChI is InChI=1S/C15H23AsN2OS2/c17-9-3-1-2-8-15(19)18-14-7-4-6-13(12-14)16-20-10-5-11-21-16/h4,6-7,12H,1-3,5,8-11,17H2,(H,18,19). The zero-order valence-electron chi connectivity index (χ0n) is 12.2. The van der Waals surface area contributed by atoms with Crippen LogP contribution in [0.5, 0.6) is 0 Å². The van der Waals surface area contributed by atoms with Gasteiger partial charge in [-0.3, -0.25) is 0 Å². The van der Waals surface area contributed by atoms with Crippen LogP contribution in [0.4, 0.5) is 5.69 Å². The van der Waals surface area contributed by atoms with Gasteiger partial charge in [0.2, 0.25) is 0 Å². The molecule has 116 valence electrons. The average Bonchev–Trinajstić information content (AvgIpc) is 2.53. The molecule has 1 aromatic rings. The topological polar surface area (TPSA) is 55.1 Å². The summed E-state index contributed by atoms with van der Waals surface area (Å²) in [6, 6.07) is 8.48. The van der Waals surface area contributed by atoms with Gasteiger partial charge in [0.05, 0.1) is 0 Å². The van der Waals surface area contributed by atoms with E-state index in [2.05, 4.69) is 43.6 Å². The van der Waals surface area contributed by atoms with Crippen molar-refractivity contribution in [1.82, 2.24) is 0 Å². The minimum atomic E-state index is -0.993. The summed E-state index contributed by atoms with van der Waals surface area (Å²) in [7, 11) is 4.29. The van der Waals surface area contributed by atoms with E-state index in [1.165, 1.54) is 22.3 Å². The van der Waals surface area contributed by atoms with Crippen molar-refractivity contribution in [1.29, 1.82) is 0 Å². The Bertz CT molecular complexity index is 453. The number of rotatable bonds is 7. The summed E-state index contributed by atoms with van der Waals surface area (Å²) < 4.78 is 1.46. The van der Waals surface area contributed by atoms with Crippen LogP contribution >= 0.6 is 20.0 Å². The number of carbonyl (C=O) groups excluding carboxylic acids is 1. The van der Waals surface area contributed by atoms with E-state index in [0.29, 0.717) is 13.0 Å². The van der Waals surface area contributed by atoms with Crippen molar-refractivity contribution in [3.05, 3.63) is 24.3 Å². The molecular formula is C15H23AsN2OS2. The predicted octanol–water partition coefficient (Wildman–Crippen LogP) is 2.71. The molecule has 2 rings (SSSR count). The predicted molar refractivity (Wildman–Crippen MR) is 97.5 cm³/mol. The summed E-state index contributed by atoms with van der Waals surface area (Å²) in [5, 5.41) is 3.03. The Kier molecular flexibility index (Phi) is 8.08. The molecule has 3 N–H and O–H groups in total. The summed E-state index contributed by atoms with van der Waals surface area (Å²) in [6.45, 7) is 0.714. The van der Waals surface area contributed by atoms with E-state index in [1.54, 1.807) is 0 Å². The molecule has 0 bridgehead atoms. The Balaban J connectivity index is 1.84. The van der Waals surface area contributed by atoms with Crippen molar-refractivity contribution in [2.75, 3.05) is 23.4 Å². The number of hydrogen-bond donors (Lipinski definition) is 2. The van der Waals surface area contributed by atoms with E-state index in [4.69, 9.17) is 5.73 Å². The third-order valence-corrected chi connectivity index (χ3v) is 16.8. The van der Waals surface area contributed by atoms with Crippen LogP contribution < -0.4 is 15.4 Å². The van der Waals surface area contributed by atoms with Crippen molar-refractivity contribution in [2.45, 2.75) is 32.1 Å². The number of nitrogens with one attached hydrogen (secondary N) is 1. The first-order valence-corrected chi connectivity index (χ1v) is 14.9. The van der Waals surface area contributed by atoms with E-state index in [0.717, 1.165) is 24.9 Å². The van der Waals surface area contributed by atoms with Gasteiger partial charge in [0, 0.05) is 0 Å². The fraction of sp³-hybridized carbons (Fsp3) is 0.533. The quantitative estimate of drug-likeness (QED) is 0.559. The summed E-state index contributed by atoms with van der Waals surface area (Å²) in [5.74, 6) is 2.71. The summed E-state index contributed by atoms with van der Waals surface area (Å²) in [6.07, 6.45) is 4.89. The van der Waals surface area contributed by atoms with E-state index >= 15 is 0 Å². The van der Waals surface area contributed by atoms with Gasteiger partial charge in [-0.25, -0.2) is 0 Å². The maximum atomic E-state index is 11.9. The van der Waals surface area contributed by atoms with Gasteiger partial charge in [-0.1, -0.05) is 0 Å². The molecule has 3 nitrogen and oxygen atoms in total. The van der Waals surface area contributed by atoms with Gasteiger partial charge in [0.1, 0.15) is 0 Å². The summed E-state index contributed by atoms with van der Waals surface area (Å²) in [4.78, 5) is 11.9. The van der Waals surface area contributed by atoms with Gasteiger partial charge in [0.15, 0.2) is 0 Å². The van der Waals surface area contributed by atoms with Crippen LogP contribution in [-0.4, -0.2) is 36.3 Å². The Labute approximate surface area is 138 Å². The molecule has 0 aromatic heterocycles. The van der Waals surface area contributed by atoms with Crippen LogP contribution in [0.3, 0.4) is 0 Å². The average molecular weight is 386 g/mol. The van der Waals surface area contributed by atoms with Crippen LogP contribution in [-0.2, 0) is 4.79 Å². The molecule has 0 spiro atoms. The molecule has 1 aromatic carbocycles. The molecule has 1 aliphatic heterocycles. The van der Waals surface area contributed by atoms with Gasteiger partial charge in [-0.15, -0.1) is 0 Å². The van der Waals surface area contributed by atoms with E-state index in [1.807, 2.05) is 6.07 Å². The first-order chi connectivity index (χ1) is 10.3. The summed E-state index contributed by atoms with van der Waals surface area (Å²) >= 11 is -0.993. The van der Waals surface area contributed by atoms with Crippen LogP contribution in [0.15, 0.2) is 24.3 Å². The first kappa shape index (κ1) is 17.3. The molecule has 21 heavy (non-hydrogen) atoms. The third kappa shape index (κ3) is 6.27. The molecule has 1 heterocycles. The number of hydrogen-bond acceptors (Lipinski definition) is 4. The second-order valence-corrected chi connectivity index (χ2v) is 16.7. The monoisotopic (exact) mass is 386 g/mol. The molecule has 0 radical (unpaired) electrons. The van der Waals surface area contributed by atoms with Crippen LogP contribution in [0.2, 0.25) is 0 Å². The Hall–Kier alpha value is -0.0916. The van der Waals surface area contributed by atoms with Crippen LogP contribution in [0.1, 0.15) is 32.1 Å². The molecule has 0 aliphatic carbocycles. The molecule has 1 fully saturated rings. The molecule has 0 saturated carbocycles. The Morgan fingerprint density at radius 2 is 2.05 bits per heavy atom. The van der Waals surface area contributed by atoms with Crippen LogP contribution in [0, 0.1) is 0 Å². The van der Waals surface area contributed by atoms with Gasteiger partial charge >= 0.3 is 139 Å². The zero-order chi connectivity index (χ0) is 14.9. The van der Waals surface area contributed by atoms with Crippen molar-refractivity contribution >= 4 is 48.3 Å². The van der Waals surface area contributed by atoms with Crippen LogP contribution in [0.25, 0.3) is 0 Å². The van der Waals surface area contributed by atoms with Crippen molar-refractivity contribution in [3.8, 4) is 0 Å². The number of carbonyl (C=O) groups is 1. The Morgan fingerprint density at radius 1 is 1.24 bits per heavy atom. The SMILES string of the molecule is NCCCCCC(=O)Nc1cccc([As]2SCCCS2)c1. The minimum absolute atomic E-state index is 0.121. The molecule has 0 atom stereocenters. The van der Waals surface area contributed by atoms with E-state index in [9.17, 15) is 4.79 Å². The number of benzene rings is 1. The normalized spacial score (nSPS) is 15.9. The van der Waals surface area contributed by atoms with Gasteiger partial charge in [-0.05, 0) is 0 Å². The fourth-order valence-corrected chi connectivity index (χ4v) is 15.2. The van der Waals surface area contributed by atoms with Gasteiger partial charge in [-0.2, -0.15) is 0 Å². The van der Waals surface area contributed by atoms with Crippen molar-refractivity contribution < 1.29 is 4.79 Å². The van der Waals surface area contributed by atoms with E-state index in [-0.39, 0.29) is 5.91 Å². The van der Waals surface area contributed by atoms with Crippen molar-refractivity contribution in [2.24, 2.45) is 5.73 Å². The Morgan fingerprint density at radius 3 is 2.81 bits per heavy atom. The van der Waals surface area contributed by atoms with E-state index < -0.39 is 12.3 Å². The third-order valence-electron chi connectivity index (χ3n) is 3.15. The number of nitrogens with two attached hydrogens (primary N) is 1. The maximum absolute atomic E-state index is 11.9. The first-order valence-electron chi connectivity index (χ1n) is 7.45. The number of anilines is 1. The molecule has 0 unspecified atom stereocenters. The second-order valence-electron chi connectivity index (χ2n) is 4.97. The molecular weight excluding hydrogens is 363 g/mol. The van der Waals surface area contributed by atoms with Crippen molar-refractivity contribution in [3.63, 3.8) is 0 Å². The molecule has 6 heteroatoms. The zero-order valence-corrected chi connectivity index (χ0v) is 15.7. The summed E-state index contributed by atoms with van der Waals surface area (Å²) in [5.41, 5.74) is 6.41. The molecule has 1 amide bonds. The number of amides is 1.